The van der Waals surface area contributed by atoms with Gasteiger partial charge in [-0.1, -0.05) is 30.3 Å². The van der Waals surface area contributed by atoms with Gasteiger partial charge < -0.3 is 9.73 Å². The molecule has 0 saturated carbocycles. The number of rotatable bonds is 5. The Bertz CT molecular complexity index is 1380. The lowest BCUT2D eigenvalue weighted by Gasteiger charge is -2.43. The van der Waals surface area contributed by atoms with Gasteiger partial charge in [0.15, 0.2) is 5.76 Å². The van der Waals surface area contributed by atoms with Crippen molar-refractivity contribution >= 4 is 17.5 Å². The average Bonchev–Trinajstić information content (AvgIpc) is 3.49. The van der Waals surface area contributed by atoms with Gasteiger partial charge in [-0.2, -0.15) is 5.10 Å². The normalized spacial score (nSPS) is 17.5. The number of nitrogens with one attached hydrogen (secondary N) is 1. The Labute approximate surface area is 195 Å². The van der Waals surface area contributed by atoms with Gasteiger partial charge in [0.05, 0.1) is 12.8 Å². The van der Waals surface area contributed by atoms with Gasteiger partial charge >= 0.3 is 0 Å². The van der Waals surface area contributed by atoms with Crippen molar-refractivity contribution in [3.05, 3.63) is 95.6 Å². The van der Waals surface area contributed by atoms with Crippen LogP contribution in [0.25, 0.3) is 11.5 Å². The number of aryl methyl sites for hydroxylation is 1. The monoisotopic (exact) mass is 458 g/mol. The molecule has 1 N–H and O–H groups in total. The smallest absolute Gasteiger partial charge is 0.277 e. The van der Waals surface area contributed by atoms with E-state index >= 15 is 0 Å². The molecule has 3 heterocycles. The molecule has 5 rings (SSSR count). The molecule has 2 amide bonds. The summed E-state index contributed by atoms with van der Waals surface area (Å²) in [7, 11) is 0. The number of carbonyl (C=O) groups is 2. The number of carbonyl (C=O) groups excluding carboxylic acids is 2. The number of aromatic nitrogens is 2. The van der Waals surface area contributed by atoms with Crippen molar-refractivity contribution in [3.63, 3.8) is 0 Å². The molecule has 0 radical (unpaired) electrons. The van der Waals surface area contributed by atoms with Crippen LogP contribution in [0.5, 0.6) is 0 Å². The molecule has 1 aliphatic heterocycles. The first-order valence-corrected chi connectivity index (χ1v) is 10.9. The van der Waals surface area contributed by atoms with E-state index in [4.69, 9.17) is 4.42 Å². The van der Waals surface area contributed by atoms with Gasteiger partial charge in [-0.05, 0) is 55.3 Å². The first-order valence-electron chi connectivity index (χ1n) is 10.9. The van der Waals surface area contributed by atoms with Gasteiger partial charge in [0, 0.05) is 18.3 Å². The van der Waals surface area contributed by atoms with Crippen LogP contribution in [0.15, 0.2) is 77.4 Å². The van der Waals surface area contributed by atoms with E-state index in [0.717, 1.165) is 5.56 Å². The molecule has 1 atom stereocenters. The summed E-state index contributed by atoms with van der Waals surface area (Å²) in [6.45, 7) is 3.88. The highest BCUT2D eigenvalue weighted by Gasteiger charge is 2.49. The fourth-order valence-electron chi connectivity index (χ4n) is 4.34. The third-order valence-electron chi connectivity index (χ3n) is 6.11. The van der Waals surface area contributed by atoms with Gasteiger partial charge in [-0.3, -0.25) is 19.2 Å². The Balaban J connectivity index is 1.55. The van der Waals surface area contributed by atoms with Crippen LogP contribution in [0.3, 0.4) is 0 Å². The van der Waals surface area contributed by atoms with Gasteiger partial charge in [-0.15, -0.1) is 0 Å². The van der Waals surface area contributed by atoms with Gasteiger partial charge in [0.25, 0.3) is 5.91 Å². The number of para-hydroxylation sites is 1. The number of nitrogens with zero attached hydrogens (tertiary/aromatic N) is 3. The molecule has 0 unspecified atom stereocenters. The average molecular weight is 458 g/mol. The largest absolute Gasteiger partial charge is 0.463 e. The summed E-state index contributed by atoms with van der Waals surface area (Å²) >= 11 is 0. The maximum Gasteiger partial charge on any atom is 0.277 e. The molecule has 8 heteroatoms. The molecular formula is C26H23FN4O3. The Morgan fingerprint density at radius 3 is 2.71 bits per heavy atom. The molecule has 7 nitrogen and oxygen atoms in total. The number of amides is 2. The minimum Gasteiger partial charge on any atom is -0.463 e. The van der Waals surface area contributed by atoms with E-state index in [0.29, 0.717) is 28.4 Å². The van der Waals surface area contributed by atoms with Crippen molar-refractivity contribution < 1.29 is 18.4 Å². The summed E-state index contributed by atoms with van der Waals surface area (Å²) in [5.74, 6) is -0.545. The van der Waals surface area contributed by atoms with Crippen molar-refractivity contribution in [1.29, 1.82) is 0 Å². The number of hydrogen-bond acceptors (Lipinski definition) is 4. The lowest BCUT2D eigenvalue weighted by Crippen LogP contribution is -2.64. The van der Waals surface area contributed by atoms with E-state index in [-0.39, 0.29) is 30.7 Å². The molecule has 0 saturated heterocycles. The van der Waals surface area contributed by atoms with Gasteiger partial charge in [-0.25, -0.2) is 4.39 Å². The van der Waals surface area contributed by atoms with Crippen LogP contribution in [0, 0.1) is 12.7 Å². The summed E-state index contributed by atoms with van der Waals surface area (Å²) in [4.78, 5) is 28.9. The zero-order valence-corrected chi connectivity index (χ0v) is 18.8. The molecule has 0 spiro atoms. The maximum absolute atomic E-state index is 13.8. The zero-order valence-electron chi connectivity index (χ0n) is 18.8. The van der Waals surface area contributed by atoms with Crippen LogP contribution < -0.4 is 10.2 Å². The highest BCUT2D eigenvalue weighted by molar-refractivity contribution is 6.12. The van der Waals surface area contributed by atoms with E-state index in [1.54, 1.807) is 48.2 Å². The van der Waals surface area contributed by atoms with E-state index in [2.05, 4.69) is 10.4 Å². The van der Waals surface area contributed by atoms with Crippen molar-refractivity contribution in [1.82, 2.24) is 15.1 Å². The summed E-state index contributed by atoms with van der Waals surface area (Å²) in [5.41, 5.74) is 1.73. The third-order valence-corrected chi connectivity index (χ3v) is 6.11. The molecule has 0 bridgehead atoms. The molecular weight excluding hydrogens is 435 g/mol. The summed E-state index contributed by atoms with van der Waals surface area (Å²) in [6, 6.07) is 18.7. The fraction of sp³-hybridized carbons (Fsp3) is 0.192. The van der Waals surface area contributed by atoms with E-state index < -0.39 is 5.54 Å². The molecule has 34 heavy (non-hydrogen) atoms. The lowest BCUT2D eigenvalue weighted by molar-refractivity contribution is -0.126. The van der Waals surface area contributed by atoms with Crippen LogP contribution >= 0.6 is 0 Å². The van der Waals surface area contributed by atoms with Crippen molar-refractivity contribution in [2.24, 2.45) is 0 Å². The van der Waals surface area contributed by atoms with E-state index in [1.807, 2.05) is 31.2 Å². The zero-order chi connectivity index (χ0) is 23.9. The number of furan rings is 1. The van der Waals surface area contributed by atoms with Crippen LogP contribution in [0.4, 0.5) is 10.1 Å². The minimum absolute atomic E-state index is 0.131. The fourth-order valence-corrected chi connectivity index (χ4v) is 4.34. The predicted molar refractivity (Wildman–Crippen MR) is 125 cm³/mol. The number of halogens is 1. The van der Waals surface area contributed by atoms with Crippen LogP contribution in [-0.4, -0.2) is 27.1 Å². The van der Waals surface area contributed by atoms with E-state index in [1.165, 1.54) is 17.0 Å². The van der Waals surface area contributed by atoms with Gasteiger partial charge in [0.1, 0.15) is 22.7 Å². The molecule has 0 fully saturated rings. The van der Waals surface area contributed by atoms with Crippen molar-refractivity contribution in [2.45, 2.75) is 32.5 Å². The SMILES string of the molecule is Cc1ccccc1N1C(=O)c2cc(-c3ccco3)nn2C[C@@]1(C)C(=O)NCc1cccc(F)c1. The molecule has 4 aromatic rings. The summed E-state index contributed by atoms with van der Waals surface area (Å²) in [5, 5.41) is 7.43. The Morgan fingerprint density at radius 1 is 1.15 bits per heavy atom. The lowest BCUT2D eigenvalue weighted by atomic mass is 9.93. The summed E-state index contributed by atoms with van der Waals surface area (Å²) < 4.78 is 20.6. The van der Waals surface area contributed by atoms with Crippen LogP contribution in [-0.2, 0) is 17.9 Å². The Hall–Kier alpha value is -4.20. The second-order valence-electron chi connectivity index (χ2n) is 8.56. The molecule has 172 valence electrons. The topological polar surface area (TPSA) is 80.4 Å². The number of benzene rings is 2. The highest BCUT2D eigenvalue weighted by atomic mass is 19.1. The third kappa shape index (κ3) is 3.67. The molecule has 2 aromatic heterocycles. The second kappa shape index (κ2) is 8.30. The summed E-state index contributed by atoms with van der Waals surface area (Å²) in [6.07, 6.45) is 1.54. The maximum atomic E-state index is 13.8. The standard InChI is InChI=1S/C26H23FN4O3/c1-17-7-3-4-10-21(17)31-24(32)22-14-20(23-11-6-12-34-23)29-30(22)16-26(31,2)25(33)28-15-18-8-5-9-19(27)13-18/h3-14H,15-16H2,1-2H3,(H,28,33)/t26-/m0/s1. The van der Waals surface area contributed by atoms with Crippen molar-refractivity contribution in [3.8, 4) is 11.5 Å². The quantitative estimate of drug-likeness (QED) is 0.483. The molecule has 2 aromatic carbocycles. The number of hydrogen-bond donors (Lipinski definition) is 1. The first kappa shape index (κ1) is 21.6. The number of anilines is 1. The van der Waals surface area contributed by atoms with Crippen molar-refractivity contribution in [2.75, 3.05) is 4.90 Å². The predicted octanol–water partition coefficient (Wildman–Crippen LogP) is 4.33. The van der Waals surface area contributed by atoms with Crippen LogP contribution in [0.1, 0.15) is 28.5 Å². The van der Waals surface area contributed by atoms with Gasteiger partial charge in [0.2, 0.25) is 5.91 Å². The minimum atomic E-state index is -1.28. The highest BCUT2D eigenvalue weighted by Crippen LogP contribution is 2.35. The second-order valence-corrected chi connectivity index (χ2v) is 8.56. The molecule has 1 aliphatic rings. The van der Waals surface area contributed by atoms with Crippen LogP contribution in [0.2, 0.25) is 0 Å². The first-order chi connectivity index (χ1) is 16.4. The van der Waals surface area contributed by atoms with E-state index in [9.17, 15) is 14.0 Å². The molecule has 0 aliphatic carbocycles. The Kier molecular flexibility index (Phi) is 5.28. The Morgan fingerprint density at radius 2 is 1.97 bits per heavy atom. The number of fused-ring (bicyclic) bond motifs is 1.